The minimum atomic E-state index is -1.12. The number of aromatic carboxylic acids is 1. The fraction of sp³-hybridized carbons (Fsp3) is 0.231. The van der Waals surface area contributed by atoms with Gasteiger partial charge < -0.3 is 5.11 Å². The molecule has 0 atom stereocenters. The van der Waals surface area contributed by atoms with E-state index in [1.807, 2.05) is 13.8 Å². The maximum absolute atomic E-state index is 13.8. The third-order valence-electron chi connectivity index (χ3n) is 2.67. The summed E-state index contributed by atoms with van der Waals surface area (Å²) < 4.78 is 16.0. The first kappa shape index (κ1) is 13.7. The van der Waals surface area contributed by atoms with E-state index in [1.165, 1.54) is 23.0 Å². The average molecular weight is 327 g/mol. The second-order valence-corrected chi connectivity index (χ2v) is 5.31. The molecule has 0 saturated heterocycles. The molecule has 1 N–H and O–H groups in total. The van der Waals surface area contributed by atoms with Crippen LogP contribution < -0.4 is 0 Å². The fourth-order valence-electron chi connectivity index (χ4n) is 1.69. The van der Waals surface area contributed by atoms with Crippen LogP contribution in [-0.4, -0.2) is 20.9 Å². The first-order valence-corrected chi connectivity index (χ1v) is 6.47. The van der Waals surface area contributed by atoms with E-state index >= 15 is 0 Å². The summed E-state index contributed by atoms with van der Waals surface area (Å²) in [5.74, 6) is -1.62. The summed E-state index contributed by atoms with van der Waals surface area (Å²) in [5, 5.41) is 13.4. The Morgan fingerprint density at radius 3 is 2.74 bits per heavy atom. The number of rotatable bonds is 3. The van der Waals surface area contributed by atoms with Gasteiger partial charge in [-0.15, -0.1) is 0 Å². The molecule has 2 rings (SSSR count). The quantitative estimate of drug-likeness (QED) is 0.934. The van der Waals surface area contributed by atoms with Gasteiger partial charge in [0.25, 0.3) is 0 Å². The van der Waals surface area contributed by atoms with Gasteiger partial charge in [0.15, 0.2) is 0 Å². The van der Waals surface area contributed by atoms with Crippen molar-refractivity contribution >= 4 is 21.9 Å². The van der Waals surface area contributed by atoms with Crippen molar-refractivity contribution < 1.29 is 14.3 Å². The summed E-state index contributed by atoms with van der Waals surface area (Å²) >= 11 is 3.24. The molecule has 1 aromatic carbocycles. The molecule has 2 aromatic rings. The molecule has 4 nitrogen and oxygen atoms in total. The van der Waals surface area contributed by atoms with Crippen molar-refractivity contribution in [2.24, 2.45) is 0 Å². The van der Waals surface area contributed by atoms with Gasteiger partial charge in [0.1, 0.15) is 17.1 Å². The van der Waals surface area contributed by atoms with Gasteiger partial charge in [-0.1, -0.05) is 15.9 Å². The van der Waals surface area contributed by atoms with E-state index in [4.69, 9.17) is 0 Å². The summed E-state index contributed by atoms with van der Waals surface area (Å²) in [5.41, 5.74) is 0.303. The van der Waals surface area contributed by atoms with Crippen LogP contribution in [0.2, 0.25) is 0 Å². The van der Waals surface area contributed by atoms with E-state index in [1.54, 1.807) is 6.07 Å². The van der Waals surface area contributed by atoms with Gasteiger partial charge in [0, 0.05) is 22.3 Å². The smallest absolute Gasteiger partial charge is 0.339 e. The Morgan fingerprint density at radius 2 is 2.16 bits per heavy atom. The van der Waals surface area contributed by atoms with Crippen LogP contribution in [-0.2, 0) is 0 Å². The minimum Gasteiger partial charge on any atom is -0.478 e. The number of benzene rings is 1. The van der Waals surface area contributed by atoms with Crippen LogP contribution in [0.4, 0.5) is 4.39 Å². The molecular weight excluding hydrogens is 315 g/mol. The van der Waals surface area contributed by atoms with E-state index in [0.29, 0.717) is 4.47 Å². The minimum absolute atomic E-state index is 0.00191. The molecule has 100 valence electrons. The van der Waals surface area contributed by atoms with Crippen molar-refractivity contribution in [1.82, 2.24) is 9.78 Å². The molecule has 0 bridgehead atoms. The molecule has 0 aliphatic rings. The molecule has 19 heavy (non-hydrogen) atoms. The molecule has 0 fully saturated rings. The summed E-state index contributed by atoms with van der Waals surface area (Å²) in [6, 6.07) is 4.36. The lowest BCUT2D eigenvalue weighted by Crippen LogP contribution is -2.01. The fourth-order valence-corrected chi connectivity index (χ4v) is 2.05. The Hall–Kier alpha value is -1.69. The SMILES string of the molecule is CC(C)n1cc(C(=O)O)c(-c2cc(Br)ccc2F)n1. The van der Waals surface area contributed by atoms with Crippen LogP contribution in [0.25, 0.3) is 11.3 Å². The highest BCUT2D eigenvalue weighted by atomic mass is 79.9. The van der Waals surface area contributed by atoms with Gasteiger partial charge in [-0.25, -0.2) is 9.18 Å². The Balaban J connectivity index is 2.66. The van der Waals surface area contributed by atoms with E-state index in [0.717, 1.165) is 0 Å². The molecule has 0 radical (unpaired) electrons. The lowest BCUT2D eigenvalue weighted by Gasteiger charge is -2.04. The van der Waals surface area contributed by atoms with Gasteiger partial charge >= 0.3 is 5.97 Å². The standard InChI is InChI=1S/C13H12BrFN2O2/c1-7(2)17-6-10(13(18)19)12(16-17)9-5-8(14)3-4-11(9)15/h3-7H,1-2H3,(H,18,19). The summed E-state index contributed by atoms with van der Waals surface area (Å²) in [6.07, 6.45) is 1.42. The van der Waals surface area contributed by atoms with E-state index in [-0.39, 0.29) is 22.9 Å². The number of hydrogen-bond donors (Lipinski definition) is 1. The molecule has 0 unspecified atom stereocenters. The van der Waals surface area contributed by atoms with Crippen LogP contribution >= 0.6 is 15.9 Å². The van der Waals surface area contributed by atoms with Gasteiger partial charge in [-0.05, 0) is 32.0 Å². The number of hydrogen-bond acceptors (Lipinski definition) is 2. The molecule has 1 heterocycles. The third kappa shape index (κ3) is 2.68. The zero-order chi connectivity index (χ0) is 14.2. The maximum atomic E-state index is 13.8. The third-order valence-corrected chi connectivity index (χ3v) is 3.17. The van der Waals surface area contributed by atoms with Crippen molar-refractivity contribution in [2.45, 2.75) is 19.9 Å². The highest BCUT2D eigenvalue weighted by molar-refractivity contribution is 9.10. The second kappa shape index (κ2) is 5.13. The summed E-state index contributed by atoms with van der Waals surface area (Å²) in [6.45, 7) is 3.75. The van der Waals surface area contributed by atoms with Crippen LogP contribution in [0.3, 0.4) is 0 Å². The molecular formula is C13H12BrFN2O2. The Bertz CT molecular complexity index is 638. The first-order chi connectivity index (χ1) is 8.90. The predicted molar refractivity (Wildman–Crippen MR) is 72.7 cm³/mol. The molecule has 0 aliphatic heterocycles. The Kier molecular flexibility index (Phi) is 3.71. The number of nitrogens with zero attached hydrogens (tertiary/aromatic N) is 2. The highest BCUT2D eigenvalue weighted by Crippen LogP contribution is 2.28. The van der Waals surface area contributed by atoms with Crippen molar-refractivity contribution in [3.8, 4) is 11.3 Å². The van der Waals surface area contributed by atoms with Gasteiger partial charge in [-0.2, -0.15) is 5.10 Å². The van der Waals surface area contributed by atoms with Crippen molar-refractivity contribution in [2.75, 3.05) is 0 Å². The zero-order valence-corrected chi connectivity index (χ0v) is 12.0. The number of carbonyl (C=O) groups is 1. The Morgan fingerprint density at radius 1 is 1.47 bits per heavy atom. The predicted octanol–water partition coefficient (Wildman–Crippen LogP) is 3.73. The highest BCUT2D eigenvalue weighted by Gasteiger charge is 2.20. The summed E-state index contributed by atoms with van der Waals surface area (Å²) in [7, 11) is 0. The van der Waals surface area contributed by atoms with Gasteiger partial charge in [0.2, 0.25) is 0 Å². The van der Waals surface area contributed by atoms with E-state index in [9.17, 15) is 14.3 Å². The molecule has 0 amide bonds. The number of halogens is 2. The lowest BCUT2D eigenvalue weighted by atomic mass is 10.1. The lowest BCUT2D eigenvalue weighted by molar-refractivity contribution is 0.0697. The molecule has 6 heteroatoms. The van der Waals surface area contributed by atoms with Crippen LogP contribution in [0.1, 0.15) is 30.2 Å². The average Bonchev–Trinajstić information content (AvgIpc) is 2.77. The van der Waals surface area contributed by atoms with Crippen LogP contribution in [0, 0.1) is 5.82 Å². The van der Waals surface area contributed by atoms with Gasteiger partial charge in [-0.3, -0.25) is 4.68 Å². The van der Waals surface area contributed by atoms with Crippen molar-refractivity contribution in [1.29, 1.82) is 0 Å². The van der Waals surface area contributed by atoms with Crippen LogP contribution in [0.5, 0.6) is 0 Å². The van der Waals surface area contributed by atoms with E-state index in [2.05, 4.69) is 21.0 Å². The van der Waals surface area contributed by atoms with Crippen LogP contribution in [0.15, 0.2) is 28.9 Å². The first-order valence-electron chi connectivity index (χ1n) is 5.68. The Labute approximate surface area is 118 Å². The van der Waals surface area contributed by atoms with Crippen molar-refractivity contribution in [3.63, 3.8) is 0 Å². The second-order valence-electron chi connectivity index (χ2n) is 4.39. The topological polar surface area (TPSA) is 55.1 Å². The monoisotopic (exact) mass is 326 g/mol. The maximum Gasteiger partial charge on any atom is 0.339 e. The largest absolute Gasteiger partial charge is 0.478 e. The molecule has 0 aliphatic carbocycles. The number of carboxylic acids is 1. The van der Waals surface area contributed by atoms with Gasteiger partial charge in [0.05, 0.1) is 0 Å². The molecule has 0 saturated carbocycles. The van der Waals surface area contributed by atoms with Crippen molar-refractivity contribution in [3.05, 3.63) is 40.2 Å². The number of carboxylic acid groups (broad SMARTS) is 1. The summed E-state index contributed by atoms with van der Waals surface area (Å²) in [4.78, 5) is 11.2. The number of aromatic nitrogens is 2. The van der Waals surface area contributed by atoms with E-state index < -0.39 is 11.8 Å². The molecule has 1 aromatic heterocycles. The normalized spacial score (nSPS) is 11.0. The zero-order valence-electron chi connectivity index (χ0n) is 10.4. The molecule has 0 spiro atoms.